The van der Waals surface area contributed by atoms with Gasteiger partial charge in [-0.3, -0.25) is 10.3 Å². The van der Waals surface area contributed by atoms with Gasteiger partial charge in [0, 0.05) is 28.1 Å². The summed E-state index contributed by atoms with van der Waals surface area (Å²) in [7, 11) is 0. The summed E-state index contributed by atoms with van der Waals surface area (Å²) in [6.07, 6.45) is 3.22. The van der Waals surface area contributed by atoms with Crippen molar-refractivity contribution in [3.63, 3.8) is 0 Å². The molecule has 0 saturated carbocycles. The highest BCUT2D eigenvalue weighted by Gasteiger charge is 2.26. The van der Waals surface area contributed by atoms with Gasteiger partial charge < -0.3 is 5.32 Å². The Morgan fingerprint density at radius 2 is 1.04 bits per heavy atom. The van der Waals surface area contributed by atoms with E-state index >= 15 is 0 Å². The van der Waals surface area contributed by atoms with Gasteiger partial charge in [-0.2, -0.15) is 0 Å². The zero-order chi connectivity index (χ0) is 37.3. The molecule has 0 bridgehead atoms. The van der Waals surface area contributed by atoms with Crippen LogP contribution in [0.1, 0.15) is 29.0 Å². The van der Waals surface area contributed by atoms with Crippen molar-refractivity contribution in [2.24, 2.45) is 4.99 Å². The maximum Gasteiger partial charge on any atom is 0.131 e. The molecule has 1 aliphatic rings. The molecule has 0 amide bonds. The lowest BCUT2D eigenvalue weighted by Crippen LogP contribution is -2.44. The molecular weight excluding hydrogens is 683 g/mol. The van der Waals surface area contributed by atoms with E-state index in [0.29, 0.717) is 0 Å². The Labute approximate surface area is 326 Å². The summed E-state index contributed by atoms with van der Waals surface area (Å²) >= 11 is 0. The lowest BCUT2D eigenvalue weighted by Gasteiger charge is -2.32. The number of nitrogens with one attached hydrogen (secondary N) is 2. The van der Waals surface area contributed by atoms with E-state index in [1.54, 1.807) is 0 Å². The van der Waals surface area contributed by atoms with Gasteiger partial charge in [-0.1, -0.05) is 164 Å². The first-order valence-electron chi connectivity index (χ1n) is 19.0. The van der Waals surface area contributed by atoms with Crippen molar-refractivity contribution in [3.05, 3.63) is 217 Å². The Balaban J connectivity index is 1.12. The van der Waals surface area contributed by atoms with Crippen molar-refractivity contribution in [1.29, 1.82) is 0 Å². The molecule has 0 aliphatic carbocycles. The predicted molar refractivity (Wildman–Crippen MR) is 230 cm³/mol. The van der Waals surface area contributed by atoms with Crippen LogP contribution in [0.5, 0.6) is 0 Å². The highest BCUT2D eigenvalue weighted by molar-refractivity contribution is 6.10. The van der Waals surface area contributed by atoms with Crippen molar-refractivity contribution < 1.29 is 0 Å². The number of benzene rings is 7. The summed E-state index contributed by atoms with van der Waals surface area (Å²) in [5.74, 6) is 0.856. The summed E-state index contributed by atoms with van der Waals surface area (Å²) in [5.41, 5.74) is 13.1. The molecule has 7 aromatic carbocycles. The van der Waals surface area contributed by atoms with E-state index in [0.717, 1.165) is 66.8 Å². The molecular formula is C51H37N5. The molecule has 2 aromatic heterocycles. The van der Waals surface area contributed by atoms with E-state index in [1.165, 1.54) is 22.1 Å². The number of aliphatic imine (C=N–C) groups is 1. The minimum absolute atomic E-state index is 0.142. The van der Waals surface area contributed by atoms with Gasteiger partial charge in [-0.15, -0.1) is 0 Å². The Kier molecular flexibility index (Phi) is 8.67. The number of aromatic nitrogens is 2. The van der Waals surface area contributed by atoms with Crippen molar-refractivity contribution in [2.45, 2.75) is 12.3 Å². The zero-order valence-electron chi connectivity index (χ0n) is 30.5. The van der Waals surface area contributed by atoms with Gasteiger partial charge in [-0.25, -0.2) is 9.98 Å². The van der Waals surface area contributed by atoms with Crippen LogP contribution in [0.4, 0.5) is 0 Å². The normalized spacial score (nSPS) is 15.3. The van der Waals surface area contributed by atoms with Gasteiger partial charge in [0.1, 0.15) is 18.2 Å². The van der Waals surface area contributed by atoms with Gasteiger partial charge in [0.25, 0.3) is 0 Å². The lowest BCUT2D eigenvalue weighted by molar-refractivity contribution is 0.409. The largest absolute Gasteiger partial charge is 0.350 e. The average Bonchev–Trinajstić information content (AvgIpc) is 3.29. The highest BCUT2D eigenvalue weighted by atomic mass is 15.3. The van der Waals surface area contributed by atoms with E-state index in [4.69, 9.17) is 9.98 Å². The van der Waals surface area contributed by atoms with Gasteiger partial charge in [0.15, 0.2) is 0 Å². The molecule has 0 saturated heterocycles. The molecule has 2 atom stereocenters. The van der Waals surface area contributed by atoms with Gasteiger partial charge in [-0.05, 0) is 74.2 Å². The first-order chi connectivity index (χ1) is 27.7. The fourth-order valence-corrected chi connectivity index (χ4v) is 7.87. The summed E-state index contributed by atoms with van der Waals surface area (Å²) in [4.78, 5) is 14.8. The topological polar surface area (TPSA) is 62.2 Å². The van der Waals surface area contributed by atoms with Crippen LogP contribution in [0.2, 0.25) is 0 Å². The maximum atomic E-state index is 5.34. The van der Waals surface area contributed by atoms with Crippen LogP contribution in [-0.4, -0.2) is 15.8 Å². The molecule has 10 rings (SSSR count). The molecule has 5 heteroatoms. The summed E-state index contributed by atoms with van der Waals surface area (Å²) < 4.78 is 0. The number of fused-ring (bicyclic) bond motifs is 3. The number of nitrogens with zero attached hydrogens (tertiary/aromatic N) is 3. The Hall–Kier alpha value is -7.21. The molecule has 0 fully saturated rings. The average molecular weight is 720 g/mol. The third-order valence-corrected chi connectivity index (χ3v) is 10.6. The Morgan fingerprint density at radius 1 is 0.429 bits per heavy atom. The van der Waals surface area contributed by atoms with Crippen LogP contribution in [0.15, 0.2) is 205 Å². The van der Waals surface area contributed by atoms with Crippen LogP contribution in [0.3, 0.4) is 0 Å². The van der Waals surface area contributed by atoms with E-state index in [2.05, 4.69) is 192 Å². The van der Waals surface area contributed by atoms with E-state index in [1.807, 2.05) is 24.5 Å². The summed E-state index contributed by atoms with van der Waals surface area (Å²) in [5, 5.41) is 10.9. The SMILES string of the molecule is c1ccc(C2=NC(c3cc(-c4ccc(-c5nc6cnccc6c6ccccc56)cc4)cc(-c4ccccc4-c4ccccc4)c3)NC(c3ccccc3)N2)cc1. The molecule has 266 valence electrons. The lowest BCUT2D eigenvalue weighted by atomic mass is 9.90. The van der Waals surface area contributed by atoms with Crippen LogP contribution < -0.4 is 10.6 Å². The van der Waals surface area contributed by atoms with E-state index in [9.17, 15) is 0 Å². The van der Waals surface area contributed by atoms with Crippen LogP contribution in [-0.2, 0) is 0 Å². The molecule has 0 spiro atoms. The zero-order valence-corrected chi connectivity index (χ0v) is 30.5. The number of pyridine rings is 2. The first kappa shape index (κ1) is 33.4. The molecule has 0 radical (unpaired) electrons. The van der Waals surface area contributed by atoms with Crippen LogP contribution in [0, 0.1) is 0 Å². The fraction of sp³-hybridized carbons (Fsp3) is 0.0392. The second-order valence-corrected chi connectivity index (χ2v) is 14.1. The second kappa shape index (κ2) is 14.6. The molecule has 5 nitrogen and oxygen atoms in total. The smallest absolute Gasteiger partial charge is 0.131 e. The monoisotopic (exact) mass is 719 g/mol. The number of rotatable bonds is 7. The third kappa shape index (κ3) is 6.40. The minimum Gasteiger partial charge on any atom is -0.350 e. The van der Waals surface area contributed by atoms with Gasteiger partial charge in [0.05, 0.1) is 17.4 Å². The Bertz CT molecular complexity index is 2850. The van der Waals surface area contributed by atoms with E-state index < -0.39 is 0 Å². The fourth-order valence-electron chi connectivity index (χ4n) is 7.87. The molecule has 2 unspecified atom stereocenters. The first-order valence-corrected chi connectivity index (χ1v) is 19.0. The van der Waals surface area contributed by atoms with Gasteiger partial charge in [0.2, 0.25) is 0 Å². The Morgan fingerprint density at radius 3 is 1.79 bits per heavy atom. The number of hydrogen-bond donors (Lipinski definition) is 2. The van der Waals surface area contributed by atoms with E-state index in [-0.39, 0.29) is 12.3 Å². The van der Waals surface area contributed by atoms with Crippen molar-refractivity contribution in [3.8, 4) is 44.6 Å². The van der Waals surface area contributed by atoms with Crippen molar-refractivity contribution in [2.75, 3.05) is 0 Å². The molecule has 56 heavy (non-hydrogen) atoms. The molecule has 2 N–H and O–H groups in total. The highest BCUT2D eigenvalue weighted by Crippen LogP contribution is 2.39. The molecule has 1 aliphatic heterocycles. The van der Waals surface area contributed by atoms with Crippen molar-refractivity contribution in [1.82, 2.24) is 20.6 Å². The predicted octanol–water partition coefficient (Wildman–Crippen LogP) is 11.8. The summed E-state index contributed by atoms with van der Waals surface area (Å²) in [6.45, 7) is 0. The quantitative estimate of drug-likeness (QED) is 0.161. The standard InChI is InChI=1S/C51H37N5/c1-4-14-35(15-5-1)42-20-10-11-21-43(42)40-30-39(34-24-26-36(27-25-34)48-46-23-13-12-22-44(46)45-28-29-52-33-47(45)53-48)31-41(32-40)51-55-49(37-16-6-2-7-17-37)54-50(56-51)38-18-8-3-9-19-38/h1-33,49,51,55H,(H,54,56). The molecule has 3 heterocycles. The van der Waals surface area contributed by atoms with Gasteiger partial charge >= 0.3 is 0 Å². The third-order valence-electron chi connectivity index (χ3n) is 10.6. The van der Waals surface area contributed by atoms with Crippen LogP contribution in [0.25, 0.3) is 66.3 Å². The number of hydrogen-bond acceptors (Lipinski definition) is 5. The van der Waals surface area contributed by atoms with Crippen molar-refractivity contribution >= 4 is 27.5 Å². The summed E-state index contributed by atoms with van der Waals surface area (Å²) in [6, 6.07) is 66.4. The second-order valence-electron chi connectivity index (χ2n) is 14.1. The maximum absolute atomic E-state index is 5.34. The minimum atomic E-state index is -0.319. The van der Waals surface area contributed by atoms with Crippen LogP contribution >= 0.6 is 0 Å². The molecule has 9 aromatic rings. The number of amidine groups is 1.